The minimum absolute atomic E-state index is 0.0162. The number of aromatic nitrogens is 2. The van der Waals surface area contributed by atoms with Gasteiger partial charge in [-0.2, -0.15) is 0 Å². The summed E-state index contributed by atoms with van der Waals surface area (Å²) >= 11 is 0. The number of hydrogen-bond acceptors (Lipinski definition) is 5. The van der Waals surface area contributed by atoms with Gasteiger partial charge in [-0.3, -0.25) is 14.2 Å². The molecular formula is C31H38N4O4. The number of carbonyl (C=O) groups excluding carboxylic acids is 1. The standard InChI is InChI=1S/C31H38N4O4/c1-17-23-14-24(29(17)32-18(2)36)28-27(23)30(38)34(31(28)39)16-21-13-20(21)15-33-11-9-22(10-12-33)35-25-6-4-3-5-19(25)7-8-26(35)37/h3-8,17,20-24,29,38-39H,9-16H2,1-2H3,(H,32,36)/t17?,20-,21-,23?,24?,29?/m1/s1. The van der Waals surface area contributed by atoms with Gasteiger partial charge in [0, 0.05) is 68.3 Å². The van der Waals surface area contributed by atoms with Crippen molar-refractivity contribution in [2.75, 3.05) is 19.6 Å². The van der Waals surface area contributed by atoms with Gasteiger partial charge < -0.3 is 25.0 Å². The topological polar surface area (TPSA) is 99.7 Å². The number of hydrogen-bond donors (Lipinski definition) is 3. The lowest BCUT2D eigenvalue weighted by Gasteiger charge is -2.33. The Labute approximate surface area is 228 Å². The van der Waals surface area contributed by atoms with Gasteiger partial charge in [0.2, 0.25) is 5.91 Å². The fourth-order valence-corrected chi connectivity index (χ4v) is 8.20. The number of carbonyl (C=O) groups is 1. The summed E-state index contributed by atoms with van der Waals surface area (Å²) in [5, 5.41) is 26.5. The second-order valence-corrected chi connectivity index (χ2v) is 12.5. The molecule has 2 aromatic heterocycles. The van der Waals surface area contributed by atoms with Gasteiger partial charge in [-0.25, -0.2) is 0 Å². The van der Waals surface area contributed by atoms with Crippen LogP contribution in [0.25, 0.3) is 10.9 Å². The van der Waals surface area contributed by atoms with Crippen LogP contribution in [0.1, 0.15) is 68.5 Å². The number of pyridine rings is 1. The number of benzene rings is 1. The zero-order valence-corrected chi connectivity index (χ0v) is 22.7. The van der Waals surface area contributed by atoms with Gasteiger partial charge in [0.1, 0.15) is 0 Å². The summed E-state index contributed by atoms with van der Waals surface area (Å²) in [5.74, 6) is 1.88. The lowest BCUT2D eigenvalue weighted by molar-refractivity contribution is -0.120. The van der Waals surface area contributed by atoms with E-state index in [1.165, 1.54) is 0 Å². The van der Waals surface area contributed by atoms with Crippen LogP contribution in [0.15, 0.2) is 41.2 Å². The third-order valence-corrected chi connectivity index (χ3v) is 10.3. The maximum Gasteiger partial charge on any atom is 0.251 e. The van der Waals surface area contributed by atoms with Crippen LogP contribution in [0, 0.1) is 17.8 Å². The van der Waals surface area contributed by atoms with Gasteiger partial charge in [-0.1, -0.05) is 25.1 Å². The highest BCUT2D eigenvalue weighted by Gasteiger charge is 2.54. The van der Waals surface area contributed by atoms with Crippen molar-refractivity contribution in [3.63, 3.8) is 0 Å². The number of para-hydroxylation sites is 1. The smallest absolute Gasteiger partial charge is 0.251 e. The van der Waals surface area contributed by atoms with Crippen LogP contribution < -0.4 is 10.9 Å². The second-order valence-electron chi connectivity index (χ2n) is 12.5. The molecule has 1 aromatic carbocycles. The lowest BCUT2D eigenvalue weighted by atomic mass is 9.82. The van der Waals surface area contributed by atoms with E-state index in [1.54, 1.807) is 17.6 Å². The van der Waals surface area contributed by atoms with E-state index in [0.717, 1.165) is 67.3 Å². The number of rotatable bonds is 6. The first-order valence-electron chi connectivity index (χ1n) is 14.6. The van der Waals surface area contributed by atoms with Gasteiger partial charge in [0.15, 0.2) is 11.8 Å². The Balaban J connectivity index is 0.986. The first kappa shape index (κ1) is 24.8. The van der Waals surface area contributed by atoms with Gasteiger partial charge in [0.25, 0.3) is 5.56 Å². The van der Waals surface area contributed by atoms with Crippen LogP contribution in [-0.2, 0) is 11.3 Å². The summed E-state index contributed by atoms with van der Waals surface area (Å²) in [6, 6.07) is 12.0. The molecule has 8 heteroatoms. The molecule has 3 fully saturated rings. The molecule has 8 nitrogen and oxygen atoms in total. The predicted molar refractivity (Wildman–Crippen MR) is 149 cm³/mol. The molecule has 2 saturated carbocycles. The van der Waals surface area contributed by atoms with E-state index in [1.807, 2.05) is 28.8 Å². The molecule has 2 bridgehead atoms. The molecule has 3 aromatic rings. The molecule has 0 spiro atoms. The van der Waals surface area contributed by atoms with E-state index >= 15 is 0 Å². The molecule has 7 rings (SSSR count). The minimum atomic E-state index is -0.0434. The molecule has 4 unspecified atom stereocenters. The predicted octanol–water partition coefficient (Wildman–Crippen LogP) is 3.91. The van der Waals surface area contributed by atoms with Crippen LogP contribution in [0.5, 0.6) is 11.8 Å². The first-order valence-corrected chi connectivity index (χ1v) is 14.6. The van der Waals surface area contributed by atoms with Crippen LogP contribution in [0.2, 0.25) is 0 Å². The third kappa shape index (κ3) is 3.98. The fourth-order valence-electron chi connectivity index (χ4n) is 8.20. The average Bonchev–Trinajstić information content (AvgIpc) is 3.30. The van der Waals surface area contributed by atoms with Gasteiger partial charge in [-0.15, -0.1) is 0 Å². The average molecular weight is 531 g/mol. The molecule has 3 N–H and O–H groups in total. The van der Waals surface area contributed by atoms with Crippen molar-refractivity contribution in [2.45, 2.75) is 70.0 Å². The highest BCUT2D eigenvalue weighted by Crippen LogP contribution is 2.62. The molecule has 3 heterocycles. The molecule has 4 aliphatic rings. The Bertz CT molecular complexity index is 1500. The molecular weight excluding hydrogens is 492 g/mol. The second kappa shape index (κ2) is 9.15. The van der Waals surface area contributed by atoms with Crippen LogP contribution in [-0.4, -0.2) is 55.8 Å². The van der Waals surface area contributed by atoms with Gasteiger partial charge in [0.05, 0.1) is 5.52 Å². The summed E-state index contributed by atoms with van der Waals surface area (Å²) in [7, 11) is 0. The largest absolute Gasteiger partial charge is 0.494 e. The van der Waals surface area contributed by atoms with Crippen molar-refractivity contribution >= 4 is 16.8 Å². The molecule has 1 amide bonds. The van der Waals surface area contributed by atoms with Crippen molar-refractivity contribution < 1.29 is 15.0 Å². The minimum Gasteiger partial charge on any atom is -0.494 e. The van der Waals surface area contributed by atoms with Crippen LogP contribution in [0.3, 0.4) is 0 Å². The number of nitrogens with one attached hydrogen (secondary N) is 1. The SMILES string of the molecule is CC(=O)NC1C2CC(c3c2c(O)n(C[C@H]2C[C@@H]2CN2CCC(n4c(=O)ccc5ccccc54)CC2)c3O)C1C. The third-order valence-electron chi connectivity index (χ3n) is 10.3. The monoisotopic (exact) mass is 530 g/mol. The summed E-state index contributed by atoms with van der Waals surface area (Å²) in [5.41, 5.74) is 2.88. The van der Waals surface area contributed by atoms with Crippen molar-refractivity contribution in [3.8, 4) is 11.8 Å². The molecule has 0 radical (unpaired) electrons. The highest BCUT2D eigenvalue weighted by molar-refractivity contribution is 5.79. The Morgan fingerprint density at radius 2 is 1.64 bits per heavy atom. The van der Waals surface area contributed by atoms with Crippen LogP contribution in [0.4, 0.5) is 0 Å². The Morgan fingerprint density at radius 3 is 2.38 bits per heavy atom. The van der Waals surface area contributed by atoms with Crippen molar-refractivity contribution in [2.24, 2.45) is 17.8 Å². The zero-order valence-electron chi connectivity index (χ0n) is 22.7. The molecule has 39 heavy (non-hydrogen) atoms. The molecule has 1 aliphatic heterocycles. The number of fused-ring (bicyclic) bond motifs is 6. The van der Waals surface area contributed by atoms with Crippen LogP contribution >= 0.6 is 0 Å². The van der Waals surface area contributed by atoms with E-state index in [2.05, 4.69) is 23.2 Å². The number of aromatic hydroxyl groups is 2. The van der Waals surface area contributed by atoms with E-state index in [-0.39, 0.29) is 53.1 Å². The quantitative estimate of drug-likeness (QED) is 0.449. The maximum atomic E-state index is 12.7. The van der Waals surface area contributed by atoms with Crippen molar-refractivity contribution in [1.82, 2.24) is 19.4 Å². The normalized spacial score (nSPS) is 30.1. The number of likely N-dealkylation sites (tertiary alicyclic amines) is 1. The zero-order chi connectivity index (χ0) is 27.0. The van der Waals surface area contributed by atoms with E-state index in [0.29, 0.717) is 18.4 Å². The van der Waals surface area contributed by atoms with Gasteiger partial charge >= 0.3 is 0 Å². The number of amides is 1. The number of piperidine rings is 1. The summed E-state index contributed by atoms with van der Waals surface area (Å²) in [6.07, 6.45) is 3.91. The Kier molecular flexibility index (Phi) is 5.81. The maximum absolute atomic E-state index is 12.7. The lowest BCUT2D eigenvalue weighted by Crippen LogP contribution is -2.40. The van der Waals surface area contributed by atoms with E-state index < -0.39 is 0 Å². The molecule has 206 valence electrons. The fraction of sp³-hybridized carbons (Fsp3) is 0.548. The Morgan fingerprint density at radius 1 is 0.949 bits per heavy atom. The summed E-state index contributed by atoms with van der Waals surface area (Å²) in [6.45, 7) is 7.29. The van der Waals surface area contributed by atoms with E-state index in [4.69, 9.17) is 0 Å². The highest BCUT2D eigenvalue weighted by atomic mass is 16.3. The molecule has 6 atom stereocenters. The van der Waals surface area contributed by atoms with E-state index in [9.17, 15) is 19.8 Å². The van der Waals surface area contributed by atoms with Gasteiger partial charge in [-0.05, 0) is 66.9 Å². The molecule has 3 aliphatic carbocycles. The number of nitrogens with zero attached hydrogens (tertiary/aromatic N) is 3. The van der Waals surface area contributed by atoms with Crippen molar-refractivity contribution in [3.05, 3.63) is 57.9 Å². The summed E-state index contributed by atoms with van der Waals surface area (Å²) in [4.78, 5) is 27.0. The first-order chi connectivity index (χ1) is 18.8. The Hall–Kier alpha value is -3.26. The molecule has 1 saturated heterocycles. The van der Waals surface area contributed by atoms with Crippen molar-refractivity contribution in [1.29, 1.82) is 0 Å². The summed E-state index contributed by atoms with van der Waals surface area (Å²) < 4.78 is 3.73.